The molecule has 2 heterocycles. The van der Waals surface area contributed by atoms with Gasteiger partial charge in [-0.05, 0) is 25.1 Å². The molecule has 0 N–H and O–H groups in total. The van der Waals surface area contributed by atoms with Gasteiger partial charge in [-0.3, -0.25) is 0 Å². The van der Waals surface area contributed by atoms with Crippen LogP contribution in [0, 0.1) is 6.92 Å². The Balaban J connectivity index is 2.68. The fraction of sp³-hybridized carbons (Fsp3) is 0.200. The molecule has 0 radical (unpaired) electrons. The van der Waals surface area contributed by atoms with Gasteiger partial charge in [0.25, 0.3) is 0 Å². The molecule has 0 aromatic carbocycles. The summed E-state index contributed by atoms with van der Waals surface area (Å²) in [6.07, 6.45) is 0. The van der Waals surface area contributed by atoms with E-state index in [4.69, 9.17) is 4.74 Å². The van der Waals surface area contributed by atoms with Crippen LogP contribution < -0.4 is 4.74 Å². The van der Waals surface area contributed by atoms with Gasteiger partial charge in [0.15, 0.2) is 5.65 Å². The average molecular weight is 174 g/mol. The summed E-state index contributed by atoms with van der Waals surface area (Å²) < 4.78 is 5.01. The zero-order valence-electron chi connectivity index (χ0n) is 7.61. The molecule has 0 amide bonds. The van der Waals surface area contributed by atoms with Crippen molar-refractivity contribution in [2.24, 2.45) is 0 Å². The molecule has 0 fully saturated rings. The molecule has 13 heavy (non-hydrogen) atoms. The zero-order valence-corrected chi connectivity index (χ0v) is 7.61. The van der Waals surface area contributed by atoms with Crippen LogP contribution in [-0.4, -0.2) is 17.1 Å². The Kier molecular flexibility index (Phi) is 1.85. The predicted octanol–water partition coefficient (Wildman–Crippen LogP) is 1.95. The van der Waals surface area contributed by atoms with E-state index in [0.29, 0.717) is 5.88 Å². The minimum absolute atomic E-state index is 0.602. The summed E-state index contributed by atoms with van der Waals surface area (Å²) in [4.78, 5) is 8.51. The summed E-state index contributed by atoms with van der Waals surface area (Å²) in [6, 6.07) is 7.76. The summed E-state index contributed by atoms with van der Waals surface area (Å²) in [5.74, 6) is 0.602. The molecule has 0 saturated carbocycles. The Morgan fingerprint density at radius 1 is 1.08 bits per heavy atom. The number of nitrogens with zero attached hydrogens (tertiary/aromatic N) is 2. The molecule has 66 valence electrons. The third-order valence-corrected chi connectivity index (χ3v) is 1.88. The van der Waals surface area contributed by atoms with Crippen molar-refractivity contribution in [3.05, 3.63) is 30.0 Å². The van der Waals surface area contributed by atoms with Crippen molar-refractivity contribution >= 4 is 11.0 Å². The van der Waals surface area contributed by atoms with Gasteiger partial charge >= 0.3 is 0 Å². The smallest absolute Gasteiger partial charge is 0.215 e. The van der Waals surface area contributed by atoms with Gasteiger partial charge in [0, 0.05) is 17.1 Å². The van der Waals surface area contributed by atoms with Gasteiger partial charge in [-0.15, -0.1) is 0 Å². The van der Waals surface area contributed by atoms with Gasteiger partial charge in [-0.2, -0.15) is 4.98 Å². The number of hydrogen-bond acceptors (Lipinski definition) is 3. The van der Waals surface area contributed by atoms with Crippen molar-refractivity contribution in [1.82, 2.24) is 9.97 Å². The van der Waals surface area contributed by atoms with E-state index in [-0.39, 0.29) is 0 Å². The average Bonchev–Trinajstić information content (AvgIpc) is 2.16. The van der Waals surface area contributed by atoms with Crippen molar-refractivity contribution < 1.29 is 4.74 Å². The first-order valence-corrected chi connectivity index (χ1v) is 4.08. The van der Waals surface area contributed by atoms with E-state index < -0.39 is 0 Å². The Hall–Kier alpha value is -1.64. The number of fused-ring (bicyclic) bond motifs is 1. The Morgan fingerprint density at radius 2 is 1.85 bits per heavy atom. The molecule has 3 heteroatoms. The lowest BCUT2D eigenvalue weighted by Crippen LogP contribution is -1.90. The molecule has 0 aliphatic carbocycles. The first-order chi connectivity index (χ1) is 6.29. The molecule has 2 aromatic rings. The van der Waals surface area contributed by atoms with Crippen LogP contribution in [-0.2, 0) is 0 Å². The zero-order chi connectivity index (χ0) is 9.26. The molecule has 0 bridgehead atoms. The van der Waals surface area contributed by atoms with E-state index in [0.717, 1.165) is 16.7 Å². The SMILES string of the molecule is COc1ccc2ccc(C)nc2n1. The van der Waals surface area contributed by atoms with Crippen LogP contribution in [0.3, 0.4) is 0 Å². The van der Waals surface area contributed by atoms with E-state index >= 15 is 0 Å². The second-order valence-corrected chi connectivity index (χ2v) is 2.85. The highest BCUT2D eigenvalue weighted by atomic mass is 16.5. The third-order valence-electron chi connectivity index (χ3n) is 1.88. The minimum atomic E-state index is 0.602. The maximum absolute atomic E-state index is 5.01. The number of methoxy groups -OCH3 is 1. The molecule has 0 saturated heterocycles. The Bertz CT molecular complexity index is 440. The summed E-state index contributed by atoms with van der Waals surface area (Å²) >= 11 is 0. The van der Waals surface area contributed by atoms with Crippen LogP contribution in [0.2, 0.25) is 0 Å². The fourth-order valence-electron chi connectivity index (χ4n) is 1.19. The van der Waals surface area contributed by atoms with E-state index in [1.54, 1.807) is 7.11 Å². The Morgan fingerprint density at radius 3 is 2.62 bits per heavy atom. The van der Waals surface area contributed by atoms with Crippen LogP contribution in [0.25, 0.3) is 11.0 Å². The number of hydrogen-bond donors (Lipinski definition) is 0. The number of pyridine rings is 2. The number of aryl methyl sites for hydroxylation is 1. The van der Waals surface area contributed by atoms with Gasteiger partial charge < -0.3 is 4.74 Å². The van der Waals surface area contributed by atoms with E-state index in [9.17, 15) is 0 Å². The van der Waals surface area contributed by atoms with Crippen molar-refractivity contribution in [3.8, 4) is 5.88 Å². The van der Waals surface area contributed by atoms with Crippen molar-refractivity contribution in [2.45, 2.75) is 6.92 Å². The maximum atomic E-state index is 5.01. The lowest BCUT2D eigenvalue weighted by Gasteiger charge is -2.00. The van der Waals surface area contributed by atoms with Crippen LogP contribution in [0.4, 0.5) is 0 Å². The lowest BCUT2D eigenvalue weighted by atomic mass is 10.2. The van der Waals surface area contributed by atoms with E-state index in [1.807, 2.05) is 31.2 Å². The molecule has 0 atom stereocenters. The minimum Gasteiger partial charge on any atom is -0.481 e. The van der Waals surface area contributed by atoms with Gasteiger partial charge in [0.1, 0.15) is 0 Å². The molecule has 0 aliphatic rings. The number of ether oxygens (including phenoxy) is 1. The monoisotopic (exact) mass is 174 g/mol. The van der Waals surface area contributed by atoms with Gasteiger partial charge in [-0.25, -0.2) is 4.98 Å². The molecule has 0 aliphatic heterocycles. The topological polar surface area (TPSA) is 35.0 Å². The largest absolute Gasteiger partial charge is 0.481 e. The summed E-state index contributed by atoms with van der Waals surface area (Å²) in [5, 5.41) is 1.03. The molecule has 2 rings (SSSR count). The molecule has 3 nitrogen and oxygen atoms in total. The van der Waals surface area contributed by atoms with Gasteiger partial charge in [-0.1, -0.05) is 0 Å². The predicted molar refractivity (Wildman–Crippen MR) is 50.8 cm³/mol. The number of aromatic nitrogens is 2. The van der Waals surface area contributed by atoms with Crippen LogP contribution >= 0.6 is 0 Å². The second kappa shape index (κ2) is 3.01. The number of rotatable bonds is 1. The van der Waals surface area contributed by atoms with Crippen molar-refractivity contribution in [3.63, 3.8) is 0 Å². The third kappa shape index (κ3) is 1.45. The van der Waals surface area contributed by atoms with Crippen LogP contribution in [0.1, 0.15) is 5.69 Å². The Labute approximate surface area is 76.4 Å². The molecule has 0 spiro atoms. The van der Waals surface area contributed by atoms with Gasteiger partial charge in [0.2, 0.25) is 5.88 Å². The quantitative estimate of drug-likeness (QED) is 0.662. The van der Waals surface area contributed by atoms with Crippen molar-refractivity contribution in [2.75, 3.05) is 7.11 Å². The van der Waals surface area contributed by atoms with E-state index in [1.165, 1.54) is 0 Å². The highest BCUT2D eigenvalue weighted by Crippen LogP contribution is 2.14. The molecule has 2 aromatic heterocycles. The van der Waals surface area contributed by atoms with Crippen molar-refractivity contribution in [1.29, 1.82) is 0 Å². The first kappa shape index (κ1) is 7.98. The fourth-order valence-corrected chi connectivity index (χ4v) is 1.19. The maximum Gasteiger partial charge on any atom is 0.215 e. The van der Waals surface area contributed by atoms with Crippen LogP contribution in [0.5, 0.6) is 5.88 Å². The molecular formula is C10H10N2O. The second-order valence-electron chi connectivity index (χ2n) is 2.85. The molecule has 0 unspecified atom stereocenters. The lowest BCUT2D eigenvalue weighted by molar-refractivity contribution is 0.399. The standard InChI is InChI=1S/C10H10N2O/c1-7-3-4-8-5-6-9(13-2)12-10(8)11-7/h3-6H,1-2H3. The van der Waals surface area contributed by atoms with E-state index in [2.05, 4.69) is 9.97 Å². The highest BCUT2D eigenvalue weighted by Gasteiger charge is 1.98. The normalized spacial score (nSPS) is 10.3. The summed E-state index contributed by atoms with van der Waals surface area (Å²) in [5.41, 5.74) is 1.70. The summed E-state index contributed by atoms with van der Waals surface area (Å²) in [6.45, 7) is 1.95. The van der Waals surface area contributed by atoms with Crippen LogP contribution in [0.15, 0.2) is 24.3 Å². The van der Waals surface area contributed by atoms with Gasteiger partial charge in [0.05, 0.1) is 7.11 Å². The highest BCUT2D eigenvalue weighted by molar-refractivity contribution is 5.75. The summed E-state index contributed by atoms with van der Waals surface area (Å²) in [7, 11) is 1.60. The molecular weight excluding hydrogens is 164 g/mol. The first-order valence-electron chi connectivity index (χ1n) is 4.08.